The number of thiazole rings is 1. The fourth-order valence-electron chi connectivity index (χ4n) is 6.76. The molecule has 2 aliphatic rings. The zero-order valence-electron chi connectivity index (χ0n) is 31.2. The summed E-state index contributed by atoms with van der Waals surface area (Å²) < 4.78 is 13.5. The molecule has 0 radical (unpaired) electrons. The van der Waals surface area contributed by atoms with Crippen LogP contribution < -0.4 is 10.7 Å². The highest BCUT2D eigenvalue weighted by Crippen LogP contribution is 2.40. The van der Waals surface area contributed by atoms with Crippen molar-refractivity contribution in [3.05, 3.63) is 57.0 Å². The van der Waals surface area contributed by atoms with Crippen LogP contribution in [-0.4, -0.2) is 79.5 Å². The zero-order valence-corrected chi connectivity index (χ0v) is 32.0. The molecule has 0 aliphatic carbocycles. The molecule has 2 amide bonds. The highest BCUT2D eigenvalue weighted by Gasteiger charge is 2.40. The molecule has 2 aliphatic heterocycles. The molecule has 14 nitrogen and oxygen atoms in total. The lowest BCUT2D eigenvalue weighted by Crippen LogP contribution is -2.60. The maximum Gasteiger partial charge on any atom is 0.408 e. The van der Waals surface area contributed by atoms with Crippen LogP contribution >= 0.6 is 11.3 Å². The van der Waals surface area contributed by atoms with Crippen LogP contribution in [0.3, 0.4) is 0 Å². The average molecular weight is 734 g/mol. The SMILES string of the molecule is CCn1c(-c2cccnc2[C@H](C)OC)c2c3nc(ccc31)-c1csc(n1)C[C@H](NC(=O)OC(C)(C)C)C(=O)N1CCC[C@H](N1)[N+](=O)OCC(C)(C)C2. The molecule has 1 fully saturated rings. The third-order valence-electron chi connectivity index (χ3n) is 9.26. The molecule has 278 valence electrons. The number of fused-ring (bicyclic) bond motifs is 6. The largest absolute Gasteiger partial charge is 0.444 e. The predicted molar refractivity (Wildman–Crippen MR) is 197 cm³/mol. The number of methoxy groups -OCH3 is 1. The molecule has 3 atom stereocenters. The van der Waals surface area contributed by atoms with E-state index in [4.69, 9.17) is 29.3 Å². The van der Waals surface area contributed by atoms with Gasteiger partial charge in [0.2, 0.25) is 4.92 Å². The summed E-state index contributed by atoms with van der Waals surface area (Å²) in [6.45, 7) is 14.6. The van der Waals surface area contributed by atoms with Gasteiger partial charge in [-0.1, -0.05) is 13.8 Å². The average Bonchev–Trinajstić information content (AvgIpc) is 3.70. The van der Waals surface area contributed by atoms with Gasteiger partial charge in [-0.05, 0) is 71.7 Å². The van der Waals surface area contributed by atoms with Gasteiger partial charge in [-0.25, -0.2) is 19.6 Å². The minimum Gasteiger partial charge on any atom is -0.444 e. The van der Waals surface area contributed by atoms with E-state index in [0.717, 1.165) is 33.5 Å². The quantitative estimate of drug-likeness (QED) is 0.245. The summed E-state index contributed by atoms with van der Waals surface area (Å²) in [5, 5.41) is 6.70. The first-order chi connectivity index (χ1) is 24.7. The van der Waals surface area contributed by atoms with E-state index >= 15 is 0 Å². The first-order valence-corrected chi connectivity index (χ1v) is 18.7. The molecule has 6 bridgehead atoms. The van der Waals surface area contributed by atoms with Crippen LogP contribution in [0.15, 0.2) is 35.8 Å². The normalized spacial score (nSPS) is 20.3. The van der Waals surface area contributed by atoms with Crippen LogP contribution in [0.4, 0.5) is 4.79 Å². The summed E-state index contributed by atoms with van der Waals surface area (Å²) in [6.07, 6.45) is 1.68. The Labute approximate surface area is 307 Å². The molecule has 4 aromatic heterocycles. The second-order valence-electron chi connectivity index (χ2n) is 15.2. The van der Waals surface area contributed by atoms with Gasteiger partial charge in [-0.15, -0.1) is 11.3 Å². The number of rotatable bonds is 5. The Morgan fingerprint density at radius 1 is 1.23 bits per heavy atom. The summed E-state index contributed by atoms with van der Waals surface area (Å²) in [6, 6.07) is 7.03. The van der Waals surface area contributed by atoms with Crippen molar-refractivity contribution in [1.82, 2.24) is 35.3 Å². The van der Waals surface area contributed by atoms with Crippen LogP contribution in [0.5, 0.6) is 0 Å². The third-order valence-corrected chi connectivity index (χ3v) is 10.1. The summed E-state index contributed by atoms with van der Waals surface area (Å²) in [4.78, 5) is 61.8. The Kier molecular flexibility index (Phi) is 10.7. The Bertz CT molecular complexity index is 1970. The molecule has 1 saturated heterocycles. The monoisotopic (exact) mass is 733 g/mol. The fraction of sp³-hybridized carbons (Fsp3) is 0.541. The summed E-state index contributed by atoms with van der Waals surface area (Å²) in [5.41, 5.74) is 8.66. The van der Waals surface area contributed by atoms with Crippen molar-refractivity contribution in [2.75, 3.05) is 20.3 Å². The van der Waals surface area contributed by atoms with Crippen molar-refractivity contribution in [3.8, 4) is 22.6 Å². The number of alkyl carbamates (subject to hydrolysis) is 1. The summed E-state index contributed by atoms with van der Waals surface area (Å²) in [5.74, 6) is -0.405. The number of carbonyl (C=O) groups is 2. The molecule has 0 saturated carbocycles. The third kappa shape index (κ3) is 7.96. The van der Waals surface area contributed by atoms with Gasteiger partial charge in [0.05, 0.1) is 49.8 Å². The second-order valence-corrected chi connectivity index (χ2v) is 16.1. The first-order valence-electron chi connectivity index (χ1n) is 17.8. The topological polar surface area (TPSA) is 153 Å². The number of hydrogen-bond acceptors (Lipinski definition) is 11. The molecule has 2 N–H and O–H groups in total. The van der Waals surface area contributed by atoms with Gasteiger partial charge >= 0.3 is 12.3 Å². The number of aromatic nitrogens is 4. The van der Waals surface area contributed by atoms with Crippen molar-refractivity contribution in [2.45, 2.75) is 105 Å². The van der Waals surface area contributed by atoms with E-state index in [1.165, 1.54) is 16.3 Å². The molecule has 52 heavy (non-hydrogen) atoms. The van der Waals surface area contributed by atoms with Gasteiger partial charge < -0.3 is 19.4 Å². The number of nitrogens with one attached hydrogen (secondary N) is 2. The van der Waals surface area contributed by atoms with Crippen LogP contribution in [0.1, 0.15) is 83.7 Å². The number of pyridine rings is 2. The van der Waals surface area contributed by atoms with Crippen LogP contribution in [0, 0.1) is 10.3 Å². The molecule has 6 heterocycles. The van der Waals surface area contributed by atoms with E-state index in [1.807, 2.05) is 24.4 Å². The molecular weight excluding hydrogens is 685 g/mol. The van der Waals surface area contributed by atoms with Crippen molar-refractivity contribution in [3.63, 3.8) is 0 Å². The minimum absolute atomic E-state index is 0.104. The van der Waals surface area contributed by atoms with Crippen molar-refractivity contribution < 1.29 is 28.8 Å². The number of aryl methyl sites for hydroxylation is 1. The molecule has 6 rings (SSSR count). The van der Waals surface area contributed by atoms with Gasteiger partial charge in [0.15, 0.2) is 6.61 Å². The Hall–Kier alpha value is -4.47. The van der Waals surface area contributed by atoms with Gasteiger partial charge in [0.1, 0.15) is 11.6 Å². The highest BCUT2D eigenvalue weighted by atomic mass is 32.1. The minimum atomic E-state index is -1.01. The molecular formula is C37H49N8O6S+. The van der Waals surface area contributed by atoms with Gasteiger partial charge in [0, 0.05) is 61.2 Å². The smallest absolute Gasteiger partial charge is 0.408 e. The first kappa shape index (κ1) is 37.3. The van der Waals surface area contributed by atoms with Crippen LogP contribution in [0.25, 0.3) is 33.7 Å². The molecule has 4 aromatic rings. The fourth-order valence-corrected chi connectivity index (χ4v) is 7.59. The number of nitrogens with zero attached hydrogens (tertiary/aromatic N) is 6. The number of hydrazine groups is 1. The Morgan fingerprint density at radius 3 is 2.75 bits per heavy atom. The number of ether oxygens (including phenoxy) is 2. The Morgan fingerprint density at radius 2 is 2.02 bits per heavy atom. The predicted octanol–water partition coefficient (Wildman–Crippen LogP) is 6.13. The molecule has 0 aromatic carbocycles. The van der Waals surface area contributed by atoms with E-state index in [9.17, 15) is 14.5 Å². The second kappa shape index (κ2) is 14.9. The maximum absolute atomic E-state index is 14.0. The lowest BCUT2D eigenvalue weighted by molar-refractivity contribution is -0.835. The van der Waals surface area contributed by atoms with E-state index in [-0.39, 0.29) is 19.1 Å². The van der Waals surface area contributed by atoms with Crippen LogP contribution in [-0.2, 0) is 38.5 Å². The standard InChI is InChI=1S/C37H48N8O6S/c1-9-43-28-15-14-25-27-20-52-30(39-27)18-26(41-35(47)51-36(3,4)5)34(46)44-17-11-13-29(42-44)45(48)50-21-37(6,7)19-24(32(28)40-25)33(43)23-12-10-16-38-31(23)22(2)49-8/h10,12,14-16,20,22,26,29,42H,9,11,13,17-19,21H2,1-8H3/p+1/t22-,26-,29+/m0/s1. The molecule has 15 heteroatoms. The lowest BCUT2D eigenvalue weighted by atomic mass is 9.85. The van der Waals surface area contributed by atoms with Gasteiger partial charge in [0.25, 0.3) is 5.91 Å². The van der Waals surface area contributed by atoms with Crippen molar-refractivity contribution >= 4 is 34.4 Å². The number of carbonyl (C=O) groups excluding carboxylic acids is 2. The number of amides is 2. The van der Waals surface area contributed by atoms with E-state index in [1.54, 1.807) is 34.1 Å². The Balaban J connectivity index is 1.49. The van der Waals surface area contributed by atoms with Crippen LogP contribution in [0.2, 0.25) is 0 Å². The van der Waals surface area contributed by atoms with E-state index in [2.05, 4.69) is 48.2 Å². The maximum atomic E-state index is 14.0. The zero-order chi connectivity index (χ0) is 37.4. The van der Waals surface area contributed by atoms with Crippen molar-refractivity contribution in [2.24, 2.45) is 5.41 Å². The van der Waals surface area contributed by atoms with Crippen molar-refractivity contribution in [1.29, 1.82) is 0 Å². The highest BCUT2D eigenvalue weighted by molar-refractivity contribution is 7.10. The number of hydrogen-bond donors (Lipinski definition) is 2. The lowest BCUT2D eigenvalue weighted by Gasteiger charge is -2.32. The molecule has 0 unspecified atom stereocenters. The summed E-state index contributed by atoms with van der Waals surface area (Å²) in [7, 11) is 1.68. The van der Waals surface area contributed by atoms with Gasteiger partial charge in [-0.2, -0.15) is 5.43 Å². The molecule has 0 spiro atoms. The van der Waals surface area contributed by atoms with E-state index < -0.39 is 35.2 Å². The van der Waals surface area contributed by atoms with E-state index in [0.29, 0.717) is 53.7 Å². The van der Waals surface area contributed by atoms with Gasteiger partial charge in [-0.3, -0.25) is 14.8 Å². The summed E-state index contributed by atoms with van der Waals surface area (Å²) >= 11 is 1.39.